The highest BCUT2D eigenvalue weighted by Crippen LogP contribution is 2.50. The van der Waals surface area contributed by atoms with E-state index in [0.717, 1.165) is 80.9 Å². The zero-order chi connectivity index (χ0) is 40.6. The van der Waals surface area contributed by atoms with Gasteiger partial charge in [-0.1, -0.05) is 0 Å². The molecular weight excluding hydrogens is 758 g/mol. The Hall–Kier alpha value is -5.90. The number of likely N-dealkylation sites (tertiary alicyclic amines) is 1. The molecule has 4 fully saturated rings. The number of nitrogens with one attached hydrogen (secondary N) is 3. The number of pyridine rings is 3. The van der Waals surface area contributed by atoms with Crippen LogP contribution in [0.2, 0.25) is 0 Å². The molecule has 15 nitrogen and oxygen atoms in total. The van der Waals surface area contributed by atoms with Gasteiger partial charge in [-0.3, -0.25) is 25.0 Å². The van der Waals surface area contributed by atoms with Gasteiger partial charge in [0.1, 0.15) is 41.9 Å². The summed E-state index contributed by atoms with van der Waals surface area (Å²) in [5, 5.41) is 9.78. The first-order valence-corrected chi connectivity index (χ1v) is 20.6. The van der Waals surface area contributed by atoms with Crippen molar-refractivity contribution in [3.05, 3.63) is 65.4 Å². The number of fused-ring (bicyclic) bond motifs is 3. The minimum atomic E-state index is -0.671. The van der Waals surface area contributed by atoms with Gasteiger partial charge < -0.3 is 29.5 Å². The monoisotopic (exact) mass is 803 g/mol. The number of imide groups is 1. The first-order valence-electron chi connectivity index (χ1n) is 20.6. The van der Waals surface area contributed by atoms with E-state index in [-0.39, 0.29) is 41.6 Å². The molecule has 1 aromatic carbocycles. The van der Waals surface area contributed by atoms with Crippen molar-refractivity contribution < 1.29 is 33.0 Å². The van der Waals surface area contributed by atoms with Gasteiger partial charge in [0.15, 0.2) is 0 Å². The molecule has 16 heteroatoms. The van der Waals surface area contributed by atoms with Crippen molar-refractivity contribution in [1.29, 1.82) is 0 Å². The fourth-order valence-electron chi connectivity index (χ4n) is 10.0. The number of hydrogen-bond donors (Lipinski definition) is 3. The van der Waals surface area contributed by atoms with E-state index in [2.05, 4.69) is 35.7 Å². The van der Waals surface area contributed by atoms with Gasteiger partial charge >= 0.3 is 6.09 Å². The van der Waals surface area contributed by atoms with E-state index >= 15 is 4.39 Å². The molecule has 6 aliphatic rings. The van der Waals surface area contributed by atoms with Gasteiger partial charge in [0.2, 0.25) is 17.7 Å². The van der Waals surface area contributed by atoms with Gasteiger partial charge in [0, 0.05) is 67.4 Å². The summed E-state index contributed by atoms with van der Waals surface area (Å²) in [7, 11) is 0. The summed E-state index contributed by atoms with van der Waals surface area (Å²) < 4.78 is 26.8. The molecule has 1 spiro atoms. The summed E-state index contributed by atoms with van der Waals surface area (Å²) >= 11 is 0. The maximum absolute atomic E-state index is 15.3. The van der Waals surface area contributed by atoms with Crippen LogP contribution in [-0.4, -0.2) is 107 Å². The largest absolute Gasteiger partial charge is 0.474 e. The van der Waals surface area contributed by atoms with Gasteiger partial charge in [-0.2, -0.15) is 0 Å². The van der Waals surface area contributed by atoms with E-state index in [0.29, 0.717) is 65.0 Å². The van der Waals surface area contributed by atoms with Crippen LogP contribution in [0.15, 0.2) is 42.7 Å². The number of anilines is 3. The summed E-state index contributed by atoms with van der Waals surface area (Å²) in [4.78, 5) is 70.4. The zero-order valence-electron chi connectivity index (χ0n) is 33.1. The predicted octanol–water partition coefficient (Wildman–Crippen LogP) is 5.20. The van der Waals surface area contributed by atoms with Crippen LogP contribution in [0.3, 0.4) is 0 Å². The lowest BCUT2D eigenvalue weighted by Gasteiger charge is -2.52. The molecule has 59 heavy (non-hydrogen) atoms. The van der Waals surface area contributed by atoms with Crippen molar-refractivity contribution in [2.75, 3.05) is 61.4 Å². The molecule has 4 amide bonds. The van der Waals surface area contributed by atoms with E-state index in [9.17, 15) is 19.2 Å². The van der Waals surface area contributed by atoms with Crippen molar-refractivity contribution in [2.45, 2.75) is 70.6 Å². The SMILES string of the molecule is Cc1c(-c2cc3cc(NC(=O)OC4CC5(CCN(CC6CN(c7ccc8c(n7)C(C)N(C7CCC(=O)NC7=O)C8=O)C6)CC5)C4)ncc3cc2F)cnc2c1NCCO2. The minimum Gasteiger partial charge on any atom is -0.474 e. The molecule has 8 heterocycles. The van der Waals surface area contributed by atoms with Gasteiger partial charge in [0.05, 0.1) is 17.3 Å². The number of piperidine rings is 2. The van der Waals surface area contributed by atoms with Crippen LogP contribution >= 0.6 is 0 Å². The van der Waals surface area contributed by atoms with Crippen molar-refractivity contribution >= 4 is 51.9 Å². The Labute approximate surface area is 340 Å². The average Bonchev–Trinajstić information content (AvgIpc) is 3.44. The third-order valence-corrected chi connectivity index (χ3v) is 13.3. The van der Waals surface area contributed by atoms with Crippen molar-refractivity contribution in [2.24, 2.45) is 11.3 Å². The zero-order valence-corrected chi connectivity index (χ0v) is 33.1. The highest BCUT2D eigenvalue weighted by molar-refractivity contribution is 6.05. The van der Waals surface area contributed by atoms with Crippen molar-refractivity contribution in [3.63, 3.8) is 0 Å². The van der Waals surface area contributed by atoms with Crippen molar-refractivity contribution in [1.82, 2.24) is 30.1 Å². The molecule has 3 aromatic heterocycles. The number of ether oxygens (including phenoxy) is 2. The number of hydrogen-bond acceptors (Lipinski definition) is 12. The van der Waals surface area contributed by atoms with Crippen LogP contribution < -0.4 is 25.6 Å². The normalized spacial score (nSPS) is 22.9. The van der Waals surface area contributed by atoms with Crippen molar-refractivity contribution in [3.8, 4) is 17.0 Å². The number of nitrogens with zero attached hydrogens (tertiary/aromatic N) is 6. The van der Waals surface area contributed by atoms with Gasteiger partial charge in [0.25, 0.3) is 5.91 Å². The summed E-state index contributed by atoms with van der Waals surface area (Å²) in [6.45, 7) is 9.81. The number of aromatic nitrogens is 3. The van der Waals surface area contributed by atoms with Crippen LogP contribution in [0.1, 0.15) is 73.1 Å². The molecule has 1 aliphatic carbocycles. The Morgan fingerprint density at radius 3 is 2.64 bits per heavy atom. The third-order valence-electron chi connectivity index (χ3n) is 13.3. The molecule has 306 valence electrons. The molecule has 4 aromatic rings. The first kappa shape index (κ1) is 37.4. The minimum absolute atomic E-state index is 0.145. The molecular formula is C43H46FN9O6. The summed E-state index contributed by atoms with van der Waals surface area (Å²) in [6.07, 6.45) is 6.86. The molecule has 3 N–H and O–H groups in total. The maximum atomic E-state index is 15.3. The summed E-state index contributed by atoms with van der Waals surface area (Å²) in [5.41, 5.74) is 4.09. The number of carbonyl (C=O) groups is 4. The maximum Gasteiger partial charge on any atom is 0.413 e. The molecule has 10 rings (SSSR count). The van der Waals surface area contributed by atoms with Crippen LogP contribution in [0, 0.1) is 24.1 Å². The van der Waals surface area contributed by atoms with E-state index in [1.54, 1.807) is 29.4 Å². The number of carbonyl (C=O) groups excluding carboxylic acids is 4. The topological polar surface area (TPSA) is 171 Å². The molecule has 3 saturated heterocycles. The van der Waals surface area contributed by atoms with E-state index in [1.807, 2.05) is 26.0 Å². The highest BCUT2D eigenvalue weighted by Gasteiger charge is 2.48. The molecule has 2 atom stereocenters. The lowest BCUT2D eigenvalue weighted by atomic mass is 9.61. The molecule has 2 unspecified atom stereocenters. The van der Waals surface area contributed by atoms with Gasteiger partial charge in [-0.25, -0.2) is 24.1 Å². The van der Waals surface area contributed by atoms with Gasteiger partial charge in [-0.15, -0.1) is 0 Å². The fourth-order valence-corrected chi connectivity index (χ4v) is 10.0. The lowest BCUT2D eigenvalue weighted by molar-refractivity contribution is -0.137. The Bertz CT molecular complexity index is 2410. The third kappa shape index (κ3) is 6.76. The molecule has 0 radical (unpaired) electrons. The standard InChI is InChI=1S/C43H46FN9O6/c1-23-31(19-47-40-37(23)45-9-12-58-40)30-13-26-15-34(46-18-27(26)14-32(30)44)48-42(57)59-28-16-43(17-28)7-10-51(11-8-43)20-25-21-52(22-25)35-5-3-29-38(49-35)24(2)53(41(29)56)33-4-6-36(54)50-39(33)55/h3,5,13-15,18-19,24-25,28,33,45H,4,6-12,16-17,20-22H2,1-2H3,(H,46,48,57)(H,50,54,55). The second-order valence-electron chi connectivity index (χ2n) is 17.1. The smallest absolute Gasteiger partial charge is 0.413 e. The van der Waals surface area contributed by atoms with Crippen LogP contribution in [0.4, 0.5) is 26.5 Å². The summed E-state index contributed by atoms with van der Waals surface area (Å²) in [6, 6.07) is 7.63. The lowest BCUT2D eigenvalue weighted by Crippen LogP contribution is -2.55. The highest BCUT2D eigenvalue weighted by atomic mass is 19.1. The number of halogens is 1. The Morgan fingerprint density at radius 1 is 1.03 bits per heavy atom. The van der Waals surface area contributed by atoms with Crippen LogP contribution in [-0.2, 0) is 14.3 Å². The number of amides is 4. The van der Waals surface area contributed by atoms with E-state index in [1.165, 1.54) is 6.07 Å². The number of rotatable bonds is 7. The quantitative estimate of drug-likeness (QED) is 0.209. The van der Waals surface area contributed by atoms with Gasteiger partial charge in [-0.05, 0) is 106 Å². The first-order chi connectivity index (χ1) is 28.5. The van der Waals surface area contributed by atoms with Crippen LogP contribution in [0.25, 0.3) is 21.9 Å². The van der Waals surface area contributed by atoms with E-state index < -0.39 is 18.0 Å². The summed E-state index contributed by atoms with van der Waals surface area (Å²) in [5.74, 6) is 0.884. The molecule has 5 aliphatic heterocycles. The number of benzene rings is 1. The second-order valence-corrected chi connectivity index (χ2v) is 17.1. The predicted molar refractivity (Wildman–Crippen MR) is 216 cm³/mol. The Morgan fingerprint density at radius 2 is 1.85 bits per heavy atom. The second kappa shape index (κ2) is 14.4. The Kier molecular flexibility index (Phi) is 9.14. The molecule has 1 saturated carbocycles. The van der Waals surface area contributed by atoms with E-state index in [4.69, 9.17) is 14.5 Å². The van der Waals surface area contributed by atoms with Crippen LogP contribution in [0.5, 0.6) is 5.88 Å². The fraction of sp³-hybridized carbons (Fsp3) is 0.465. The average molecular weight is 804 g/mol. The Balaban J connectivity index is 0.683. The molecule has 0 bridgehead atoms.